The van der Waals surface area contributed by atoms with Crippen molar-refractivity contribution in [1.29, 1.82) is 0 Å². The van der Waals surface area contributed by atoms with Crippen LogP contribution >= 0.6 is 11.6 Å². The van der Waals surface area contributed by atoms with Crippen molar-refractivity contribution in [3.05, 3.63) is 0 Å². The highest BCUT2D eigenvalue weighted by molar-refractivity contribution is 6.51. The monoisotopic (exact) mass is 198 g/mol. The van der Waals surface area contributed by atoms with Gasteiger partial charge in [-0.3, -0.25) is 0 Å². The van der Waals surface area contributed by atoms with Crippen LogP contribution in [-0.4, -0.2) is 40.3 Å². The molecule has 0 saturated carbocycles. The largest absolute Gasteiger partial charge is 0.475 e. The van der Waals surface area contributed by atoms with Gasteiger partial charge in [0, 0.05) is 0 Å². The number of aliphatic imine (C=N–C) groups is 4. The quantitative estimate of drug-likeness (QED) is 0.472. The van der Waals surface area contributed by atoms with Crippen molar-refractivity contribution in [2.24, 2.45) is 20.0 Å². The van der Waals surface area contributed by atoms with Crippen LogP contribution in [0.1, 0.15) is 0 Å². The van der Waals surface area contributed by atoms with Gasteiger partial charge in [-0.25, -0.2) is 24.8 Å². The van der Waals surface area contributed by atoms with Gasteiger partial charge < -0.3 is 5.11 Å². The Morgan fingerprint density at radius 3 is 3.08 bits per heavy atom. The van der Waals surface area contributed by atoms with Crippen LogP contribution in [0, 0.1) is 0 Å². The van der Waals surface area contributed by atoms with Crippen molar-refractivity contribution in [2.45, 2.75) is 5.00 Å². The normalized spacial score (nSPS) is 29.6. The summed E-state index contributed by atoms with van der Waals surface area (Å²) in [5.74, 6) is -1.41. The van der Waals surface area contributed by atoms with Gasteiger partial charge in [0.1, 0.15) is 6.34 Å². The smallest absolute Gasteiger partial charge is 0.373 e. The number of amidine groups is 2. The number of aliphatic carboxylic acids is 1. The van der Waals surface area contributed by atoms with Gasteiger partial charge in [0.2, 0.25) is 10.8 Å². The Hall–Kier alpha value is -1.56. The molecule has 66 valence electrons. The van der Waals surface area contributed by atoms with Crippen molar-refractivity contribution >= 4 is 41.8 Å². The predicted octanol–water partition coefficient (Wildman–Crippen LogP) is -0.0706. The molecule has 7 heteroatoms. The number of carboxylic acid groups (broad SMARTS) is 1. The summed E-state index contributed by atoms with van der Waals surface area (Å²) < 4.78 is 0. The summed E-state index contributed by atoms with van der Waals surface area (Å²) in [4.78, 5) is 23.9. The molecular weight excluding hydrogens is 196 g/mol. The van der Waals surface area contributed by atoms with Crippen LogP contribution in [0.25, 0.3) is 0 Å². The first kappa shape index (κ1) is 8.06. The summed E-state index contributed by atoms with van der Waals surface area (Å²) in [5.41, 5.74) is 0. The minimum atomic E-state index is -1.22. The molecule has 2 aliphatic heterocycles. The fraction of sp³-hybridized carbons (Fsp3) is 0.167. The maximum Gasteiger partial charge on any atom is 0.373 e. The van der Waals surface area contributed by atoms with Gasteiger partial charge in [-0.15, -0.1) is 0 Å². The lowest BCUT2D eigenvalue weighted by Gasteiger charge is -2.15. The lowest BCUT2D eigenvalue weighted by atomic mass is 10.3. The first-order valence-corrected chi connectivity index (χ1v) is 3.68. The van der Waals surface area contributed by atoms with Gasteiger partial charge in [-0.2, -0.15) is 0 Å². The number of hydrogen-bond donors (Lipinski definition) is 1. The molecule has 0 aromatic carbocycles. The molecule has 13 heavy (non-hydrogen) atoms. The second-order valence-corrected chi connectivity index (χ2v) is 2.95. The zero-order chi connectivity index (χ0) is 9.47. The van der Waals surface area contributed by atoms with E-state index < -0.39 is 11.0 Å². The summed E-state index contributed by atoms with van der Waals surface area (Å²) >= 11 is 5.86. The zero-order valence-corrected chi connectivity index (χ0v) is 6.93. The highest BCUT2D eigenvalue weighted by Crippen LogP contribution is 2.24. The number of carboxylic acids is 1. The fourth-order valence-electron chi connectivity index (χ4n) is 0.893. The van der Waals surface area contributed by atoms with Crippen molar-refractivity contribution in [3.63, 3.8) is 0 Å². The maximum absolute atomic E-state index is 10.5. The van der Waals surface area contributed by atoms with E-state index in [1.54, 1.807) is 0 Å². The van der Waals surface area contributed by atoms with E-state index in [0.717, 1.165) is 0 Å². The second kappa shape index (κ2) is 2.46. The highest BCUT2D eigenvalue weighted by Gasteiger charge is 2.37. The summed E-state index contributed by atoms with van der Waals surface area (Å²) in [5, 5.41) is 8.56. The molecule has 0 bridgehead atoms. The second-order valence-electron chi connectivity index (χ2n) is 2.37. The minimum absolute atomic E-state index is 0.140. The van der Waals surface area contributed by atoms with Gasteiger partial charge >= 0.3 is 5.97 Å². The Balaban J connectivity index is 2.42. The molecule has 1 N–H and O–H groups in total. The number of carbonyl (C=O) groups is 1. The van der Waals surface area contributed by atoms with Crippen molar-refractivity contribution in [1.82, 2.24) is 0 Å². The number of hydrogen-bond acceptors (Lipinski definition) is 5. The van der Waals surface area contributed by atoms with E-state index in [2.05, 4.69) is 20.0 Å². The van der Waals surface area contributed by atoms with Crippen LogP contribution < -0.4 is 0 Å². The first-order chi connectivity index (χ1) is 6.12. The van der Waals surface area contributed by atoms with E-state index in [1.165, 1.54) is 12.6 Å². The third-order valence-corrected chi connectivity index (χ3v) is 1.86. The SMILES string of the molecule is O=C(O)C1=NC2=NC=NC2(Cl)C=N1. The molecule has 0 saturated heterocycles. The molecule has 0 radical (unpaired) electrons. The molecule has 0 aromatic rings. The van der Waals surface area contributed by atoms with Crippen LogP contribution in [0.15, 0.2) is 20.0 Å². The molecule has 0 aliphatic carbocycles. The number of nitrogens with zero attached hydrogens (tertiary/aromatic N) is 4. The topological polar surface area (TPSA) is 86.7 Å². The zero-order valence-electron chi connectivity index (χ0n) is 6.18. The molecule has 0 fully saturated rings. The summed E-state index contributed by atoms with van der Waals surface area (Å²) in [6, 6.07) is 0. The fourth-order valence-corrected chi connectivity index (χ4v) is 1.08. The molecule has 0 aromatic heterocycles. The Kier molecular flexibility index (Phi) is 1.53. The number of alkyl halides is 1. The Labute approximate surface area is 77.4 Å². The predicted molar refractivity (Wildman–Crippen MR) is 48.1 cm³/mol. The average molecular weight is 199 g/mol. The number of halogens is 1. The van der Waals surface area contributed by atoms with E-state index in [1.807, 2.05) is 0 Å². The molecule has 6 nitrogen and oxygen atoms in total. The molecule has 2 aliphatic rings. The molecule has 1 atom stereocenters. The van der Waals surface area contributed by atoms with Gasteiger partial charge in [0.05, 0.1) is 6.21 Å². The Morgan fingerprint density at radius 2 is 2.38 bits per heavy atom. The van der Waals surface area contributed by atoms with Crippen molar-refractivity contribution in [3.8, 4) is 0 Å². The van der Waals surface area contributed by atoms with Gasteiger partial charge in [0.25, 0.3) is 0 Å². The standard InChI is InChI=1S/C6H3ClN4O2/c7-6-1-8-3(4(12)13)11-5(6)9-2-10-6/h1-2H,(H,12,13). The van der Waals surface area contributed by atoms with Gasteiger partial charge in [-0.1, -0.05) is 11.6 Å². The highest BCUT2D eigenvalue weighted by atomic mass is 35.5. The summed E-state index contributed by atoms with van der Waals surface area (Å²) in [6.45, 7) is 0. The summed E-state index contributed by atoms with van der Waals surface area (Å²) in [6.07, 6.45) is 2.43. The van der Waals surface area contributed by atoms with Gasteiger partial charge in [-0.05, 0) is 0 Å². The van der Waals surface area contributed by atoms with E-state index in [4.69, 9.17) is 16.7 Å². The molecule has 0 spiro atoms. The van der Waals surface area contributed by atoms with Crippen molar-refractivity contribution < 1.29 is 9.90 Å². The average Bonchev–Trinajstić information content (AvgIpc) is 2.44. The van der Waals surface area contributed by atoms with E-state index >= 15 is 0 Å². The van der Waals surface area contributed by atoms with Crippen LogP contribution in [0.4, 0.5) is 0 Å². The molecule has 0 amide bonds. The first-order valence-electron chi connectivity index (χ1n) is 3.30. The molecule has 2 heterocycles. The van der Waals surface area contributed by atoms with Gasteiger partial charge in [0.15, 0.2) is 5.84 Å². The molecule has 2 rings (SSSR count). The van der Waals surface area contributed by atoms with Crippen LogP contribution in [-0.2, 0) is 4.79 Å². The van der Waals surface area contributed by atoms with Crippen LogP contribution in [0.5, 0.6) is 0 Å². The lowest BCUT2D eigenvalue weighted by Crippen LogP contribution is -2.34. The summed E-state index contributed by atoms with van der Waals surface area (Å²) in [7, 11) is 0. The third kappa shape index (κ3) is 1.15. The minimum Gasteiger partial charge on any atom is -0.475 e. The maximum atomic E-state index is 10.5. The van der Waals surface area contributed by atoms with Crippen molar-refractivity contribution in [2.75, 3.05) is 0 Å². The van der Waals surface area contributed by atoms with E-state index in [0.29, 0.717) is 0 Å². The number of fused-ring (bicyclic) bond motifs is 1. The van der Waals surface area contributed by atoms with Crippen LogP contribution in [0.2, 0.25) is 0 Å². The molecule has 1 unspecified atom stereocenters. The van der Waals surface area contributed by atoms with E-state index in [-0.39, 0.29) is 11.7 Å². The lowest BCUT2D eigenvalue weighted by molar-refractivity contribution is -0.129. The van der Waals surface area contributed by atoms with E-state index in [9.17, 15) is 4.79 Å². The Bertz CT molecular complexity index is 397. The Morgan fingerprint density at radius 1 is 1.62 bits per heavy atom. The molecular formula is C6H3ClN4O2. The third-order valence-electron chi connectivity index (χ3n) is 1.50. The number of rotatable bonds is 1. The van der Waals surface area contributed by atoms with Crippen LogP contribution in [0.3, 0.4) is 0 Å².